The number of hydrogen-bond donors (Lipinski definition) is 2. The van der Waals surface area contributed by atoms with Crippen LogP contribution >= 0.6 is 34.5 Å². The molecule has 0 aliphatic carbocycles. The Labute approximate surface area is 193 Å². The summed E-state index contributed by atoms with van der Waals surface area (Å²) in [5.74, 6) is -0.352. The van der Waals surface area contributed by atoms with Gasteiger partial charge in [-0.1, -0.05) is 40.6 Å². The number of halogens is 2. The lowest BCUT2D eigenvalue weighted by molar-refractivity contribution is 0.102. The van der Waals surface area contributed by atoms with E-state index in [-0.39, 0.29) is 23.0 Å². The van der Waals surface area contributed by atoms with Crippen molar-refractivity contribution in [2.75, 3.05) is 17.2 Å². The number of benzene rings is 2. The smallest absolute Gasteiger partial charge is 0.320 e. The summed E-state index contributed by atoms with van der Waals surface area (Å²) in [6, 6.07) is 11.7. The van der Waals surface area contributed by atoms with Crippen LogP contribution in [0.3, 0.4) is 0 Å². The molecule has 31 heavy (non-hydrogen) atoms. The van der Waals surface area contributed by atoms with E-state index >= 15 is 0 Å². The molecule has 3 amide bonds. The van der Waals surface area contributed by atoms with Crippen LogP contribution in [0.2, 0.25) is 10.0 Å². The van der Waals surface area contributed by atoms with Gasteiger partial charge in [0.25, 0.3) is 5.91 Å². The van der Waals surface area contributed by atoms with Gasteiger partial charge in [0.15, 0.2) is 0 Å². The molecule has 1 aliphatic heterocycles. The highest BCUT2D eigenvalue weighted by Gasteiger charge is 2.33. The molecule has 0 unspecified atom stereocenters. The van der Waals surface area contributed by atoms with Gasteiger partial charge in [0.05, 0.1) is 6.04 Å². The fraction of sp³-hybridized carbons (Fsp3) is 0.238. The Balaban J connectivity index is 1.45. The minimum absolute atomic E-state index is 0.227. The van der Waals surface area contributed by atoms with Crippen LogP contribution in [-0.2, 0) is 0 Å². The van der Waals surface area contributed by atoms with E-state index in [9.17, 15) is 9.59 Å². The summed E-state index contributed by atoms with van der Waals surface area (Å²) in [6.07, 6.45) is 1.61. The first-order chi connectivity index (χ1) is 14.9. The van der Waals surface area contributed by atoms with Gasteiger partial charge in [-0.15, -0.1) is 10.2 Å². The second kappa shape index (κ2) is 9.21. The summed E-state index contributed by atoms with van der Waals surface area (Å²) in [5.41, 5.74) is 2.21. The molecule has 1 fully saturated rings. The maximum atomic E-state index is 12.9. The summed E-state index contributed by atoms with van der Waals surface area (Å²) in [6.45, 7) is 2.51. The van der Waals surface area contributed by atoms with Crippen molar-refractivity contribution < 1.29 is 9.59 Å². The van der Waals surface area contributed by atoms with Crippen molar-refractivity contribution in [2.45, 2.75) is 25.8 Å². The number of amides is 3. The number of likely N-dealkylation sites (tertiary alicyclic amines) is 1. The first-order valence-electron chi connectivity index (χ1n) is 9.65. The molecule has 4 rings (SSSR count). The maximum absolute atomic E-state index is 12.9. The van der Waals surface area contributed by atoms with Crippen LogP contribution in [0.15, 0.2) is 42.5 Å². The molecule has 2 aromatic carbocycles. The molecule has 0 radical (unpaired) electrons. The molecule has 1 atom stereocenters. The van der Waals surface area contributed by atoms with E-state index in [1.54, 1.807) is 41.3 Å². The molecular weight excluding hydrogens is 457 g/mol. The highest BCUT2D eigenvalue weighted by Crippen LogP contribution is 2.34. The van der Waals surface area contributed by atoms with Crippen molar-refractivity contribution in [3.05, 3.63) is 68.1 Å². The zero-order valence-electron chi connectivity index (χ0n) is 16.6. The van der Waals surface area contributed by atoms with Gasteiger partial charge >= 0.3 is 6.03 Å². The third kappa shape index (κ3) is 4.98. The highest BCUT2D eigenvalue weighted by molar-refractivity contribution is 7.13. The lowest BCUT2D eigenvalue weighted by Crippen LogP contribution is -2.34. The van der Waals surface area contributed by atoms with Crippen LogP contribution < -0.4 is 10.6 Å². The predicted molar refractivity (Wildman–Crippen MR) is 123 cm³/mol. The number of aryl methyl sites for hydroxylation is 1. The van der Waals surface area contributed by atoms with Crippen molar-refractivity contribution in [1.82, 2.24) is 15.1 Å². The van der Waals surface area contributed by atoms with E-state index in [0.29, 0.717) is 33.0 Å². The fourth-order valence-corrected chi connectivity index (χ4v) is 4.55. The SMILES string of the molecule is Cc1ccc(Cl)cc1NC(=O)N1CCC[C@H]1c1nnc(C(=O)Nc2ccc(Cl)cc2)s1. The minimum atomic E-state index is -0.352. The van der Waals surface area contributed by atoms with Gasteiger partial charge in [0.2, 0.25) is 5.01 Å². The monoisotopic (exact) mass is 475 g/mol. The van der Waals surface area contributed by atoms with Crippen molar-refractivity contribution in [1.29, 1.82) is 0 Å². The Morgan fingerprint density at radius 3 is 2.58 bits per heavy atom. The summed E-state index contributed by atoms with van der Waals surface area (Å²) >= 11 is 13.1. The number of urea groups is 1. The number of hydrogen-bond acceptors (Lipinski definition) is 5. The number of anilines is 2. The number of carbonyl (C=O) groups is 2. The number of nitrogens with zero attached hydrogens (tertiary/aromatic N) is 3. The van der Waals surface area contributed by atoms with E-state index in [2.05, 4.69) is 20.8 Å². The van der Waals surface area contributed by atoms with Crippen LogP contribution in [0.25, 0.3) is 0 Å². The van der Waals surface area contributed by atoms with Crippen LogP contribution in [0.4, 0.5) is 16.2 Å². The van der Waals surface area contributed by atoms with E-state index in [1.165, 1.54) is 11.3 Å². The molecule has 1 saturated heterocycles. The minimum Gasteiger partial charge on any atom is -0.320 e. The van der Waals surface area contributed by atoms with E-state index < -0.39 is 0 Å². The first kappa shape index (κ1) is 21.5. The maximum Gasteiger partial charge on any atom is 0.322 e. The molecule has 0 saturated carbocycles. The van der Waals surface area contributed by atoms with Crippen molar-refractivity contribution in [2.24, 2.45) is 0 Å². The third-order valence-corrected chi connectivity index (χ3v) is 6.49. The van der Waals surface area contributed by atoms with Crippen LogP contribution in [0.1, 0.15) is 39.3 Å². The summed E-state index contributed by atoms with van der Waals surface area (Å²) in [5, 5.41) is 15.9. The Kier molecular flexibility index (Phi) is 6.41. The molecule has 10 heteroatoms. The zero-order chi connectivity index (χ0) is 22.0. The lowest BCUT2D eigenvalue weighted by atomic mass is 10.2. The lowest BCUT2D eigenvalue weighted by Gasteiger charge is -2.23. The fourth-order valence-electron chi connectivity index (χ4n) is 3.36. The van der Waals surface area contributed by atoms with Gasteiger partial charge in [0.1, 0.15) is 5.01 Å². The second-order valence-electron chi connectivity index (χ2n) is 7.15. The van der Waals surface area contributed by atoms with Gasteiger partial charge in [-0.25, -0.2) is 4.79 Å². The quantitative estimate of drug-likeness (QED) is 0.500. The molecule has 1 aromatic heterocycles. The molecule has 1 aliphatic rings. The highest BCUT2D eigenvalue weighted by atomic mass is 35.5. The summed E-state index contributed by atoms with van der Waals surface area (Å²) in [4.78, 5) is 27.1. The number of carbonyl (C=O) groups excluding carboxylic acids is 2. The Hall–Kier alpha value is -2.68. The second-order valence-corrected chi connectivity index (χ2v) is 9.03. The Morgan fingerprint density at radius 1 is 1.06 bits per heavy atom. The predicted octanol–water partition coefficient (Wildman–Crippen LogP) is 5.77. The normalized spacial score (nSPS) is 15.7. The first-order valence-corrected chi connectivity index (χ1v) is 11.2. The average Bonchev–Trinajstić information content (AvgIpc) is 3.42. The van der Waals surface area contributed by atoms with Crippen LogP contribution in [0, 0.1) is 6.92 Å². The van der Waals surface area contributed by atoms with E-state index in [0.717, 1.165) is 18.4 Å². The van der Waals surface area contributed by atoms with Gasteiger partial charge in [-0.3, -0.25) is 4.79 Å². The zero-order valence-corrected chi connectivity index (χ0v) is 18.9. The average molecular weight is 476 g/mol. The molecule has 0 spiro atoms. The molecular formula is C21H19Cl2N5O2S. The molecule has 160 valence electrons. The Morgan fingerprint density at radius 2 is 1.81 bits per heavy atom. The number of nitrogens with one attached hydrogen (secondary N) is 2. The molecule has 3 aromatic rings. The third-order valence-electron chi connectivity index (χ3n) is 4.98. The van der Waals surface area contributed by atoms with Crippen LogP contribution in [0.5, 0.6) is 0 Å². The Bertz CT molecular complexity index is 1120. The van der Waals surface area contributed by atoms with E-state index in [4.69, 9.17) is 23.2 Å². The van der Waals surface area contributed by atoms with Gasteiger partial charge in [-0.2, -0.15) is 0 Å². The van der Waals surface area contributed by atoms with Gasteiger partial charge < -0.3 is 15.5 Å². The molecule has 7 nitrogen and oxygen atoms in total. The summed E-state index contributed by atoms with van der Waals surface area (Å²) in [7, 11) is 0. The largest absolute Gasteiger partial charge is 0.322 e. The van der Waals surface area contributed by atoms with E-state index in [1.807, 2.05) is 13.0 Å². The van der Waals surface area contributed by atoms with Gasteiger partial charge in [-0.05, 0) is 61.7 Å². The van der Waals surface area contributed by atoms with Crippen LogP contribution in [-0.4, -0.2) is 33.6 Å². The van der Waals surface area contributed by atoms with Gasteiger partial charge in [0, 0.05) is 28.0 Å². The molecule has 0 bridgehead atoms. The van der Waals surface area contributed by atoms with Crippen molar-refractivity contribution in [3.63, 3.8) is 0 Å². The van der Waals surface area contributed by atoms with Crippen molar-refractivity contribution in [3.8, 4) is 0 Å². The topological polar surface area (TPSA) is 87.2 Å². The number of aromatic nitrogens is 2. The standard InChI is InChI=1S/C21H19Cl2N5O2S/c1-12-4-5-14(23)11-16(12)25-21(30)28-10-2-3-17(28)19-26-27-20(31-19)18(29)24-15-8-6-13(22)7-9-15/h4-9,11,17H,2-3,10H2,1H3,(H,24,29)(H,25,30)/t17-/m0/s1. The molecule has 2 N–H and O–H groups in total. The summed E-state index contributed by atoms with van der Waals surface area (Å²) < 4.78 is 0. The van der Waals surface area contributed by atoms with Crippen molar-refractivity contribution >= 4 is 57.9 Å². The molecule has 2 heterocycles. The number of rotatable bonds is 4.